The highest BCUT2D eigenvalue weighted by Crippen LogP contribution is 2.42. The quantitative estimate of drug-likeness (QED) is 0.785. The number of piperidine rings is 1. The first kappa shape index (κ1) is 19.1. The van der Waals surface area contributed by atoms with Gasteiger partial charge >= 0.3 is 0 Å². The zero-order valence-corrected chi connectivity index (χ0v) is 16.5. The fraction of sp³-hybridized carbons (Fsp3) is 0.391. The Bertz CT molecular complexity index is 983. The van der Waals surface area contributed by atoms with Crippen molar-refractivity contribution >= 4 is 17.4 Å². The summed E-state index contributed by atoms with van der Waals surface area (Å²) in [6.45, 7) is 2.78. The molecular weight excluding hydrogens is 387 g/mol. The molecule has 1 fully saturated rings. The number of halogens is 1. The summed E-state index contributed by atoms with van der Waals surface area (Å²) in [4.78, 5) is 26.7. The van der Waals surface area contributed by atoms with E-state index in [0.29, 0.717) is 36.6 Å². The number of rotatable bonds is 4. The van der Waals surface area contributed by atoms with E-state index in [0.717, 1.165) is 37.2 Å². The third-order valence-electron chi connectivity index (χ3n) is 6.09. The third kappa shape index (κ3) is 3.65. The van der Waals surface area contributed by atoms with Crippen LogP contribution < -0.4 is 14.8 Å². The third-order valence-corrected chi connectivity index (χ3v) is 6.09. The summed E-state index contributed by atoms with van der Waals surface area (Å²) in [6, 6.07) is 9.48. The second kappa shape index (κ2) is 7.72. The highest BCUT2D eigenvalue weighted by atomic mass is 19.1. The number of nitrogens with zero attached hydrogens (tertiary/aromatic N) is 1. The number of carbonyl (C=O) groups is 2. The summed E-state index contributed by atoms with van der Waals surface area (Å²) >= 11 is 0. The molecule has 6 nitrogen and oxygen atoms in total. The summed E-state index contributed by atoms with van der Waals surface area (Å²) in [5, 5.41) is 2.84. The van der Waals surface area contributed by atoms with Crippen LogP contribution in [-0.2, 0) is 11.2 Å². The van der Waals surface area contributed by atoms with Gasteiger partial charge in [0.1, 0.15) is 18.5 Å². The lowest BCUT2D eigenvalue weighted by Gasteiger charge is -2.35. The zero-order valence-electron chi connectivity index (χ0n) is 16.5. The Morgan fingerprint density at radius 2 is 1.90 bits per heavy atom. The van der Waals surface area contributed by atoms with E-state index < -0.39 is 0 Å². The molecule has 5 rings (SSSR count). The monoisotopic (exact) mass is 410 g/mol. The minimum Gasteiger partial charge on any atom is -0.486 e. The Balaban J connectivity index is 1.18. The van der Waals surface area contributed by atoms with E-state index in [1.54, 1.807) is 12.1 Å². The molecule has 1 unspecified atom stereocenters. The maximum Gasteiger partial charge on any atom is 0.229 e. The molecule has 0 bridgehead atoms. The van der Waals surface area contributed by atoms with Gasteiger partial charge in [-0.1, -0.05) is 0 Å². The van der Waals surface area contributed by atoms with Gasteiger partial charge in [-0.3, -0.25) is 14.5 Å². The summed E-state index contributed by atoms with van der Waals surface area (Å²) in [6.07, 6.45) is 1.73. The van der Waals surface area contributed by atoms with Gasteiger partial charge in [-0.15, -0.1) is 0 Å². The first-order valence-corrected chi connectivity index (χ1v) is 10.3. The van der Waals surface area contributed by atoms with Crippen LogP contribution in [0.4, 0.5) is 10.1 Å². The van der Waals surface area contributed by atoms with Crippen molar-refractivity contribution in [2.75, 3.05) is 31.6 Å². The van der Waals surface area contributed by atoms with E-state index in [4.69, 9.17) is 9.47 Å². The molecular formula is C23H23FN2O4. The lowest BCUT2D eigenvalue weighted by molar-refractivity contribution is -0.115. The number of hydrogen-bond acceptors (Lipinski definition) is 5. The highest BCUT2D eigenvalue weighted by molar-refractivity contribution is 6.00. The van der Waals surface area contributed by atoms with Crippen LogP contribution in [0.1, 0.15) is 28.8 Å². The van der Waals surface area contributed by atoms with Gasteiger partial charge < -0.3 is 14.8 Å². The number of amides is 1. The van der Waals surface area contributed by atoms with Crippen molar-refractivity contribution in [1.82, 2.24) is 4.90 Å². The highest BCUT2D eigenvalue weighted by Gasteiger charge is 2.32. The Morgan fingerprint density at radius 3 is 2.67 bits per heavy atom. The van der Waals surface area contributed by atoms with Crippen LogP contribution in [0.5, 0.6) is 11.5 Å². The number of hydrogen-bond donors (Lipinski definition) is 1. The molecule has 1 N–H and O–H groups in total. The number of likely N-dealkylation sites (tertiary alicyclic amines) is 1. The molecule has 2 aromatic rings. The molecule has 1 saturated heterocycles. The van der Waals surface area contributed by atoms with Gasteiger partial charge in [0.05, 0.1) is 6.42 Å². The predicted molar refractivity (Wildman–Crippen MR) is 109 cm³/mol. The Hall–Kier alpha value is -2.93. The zero-order chi connectivity index (χ0) is 20.7. The first-order chi connectivity index (χ1) is 14.6. The topological polar surface area (TPSA) is 67.9 Å². The van der Waals surface area contributed by atoms with E-state index in [2.05, 4.69) is 10.2 Å². The molecule has 30 heavy (non-hydrogen) atoms. The number of fused-ring (bicyclic) bond motifs is 3. The van der Waals surface area contributed by atoms with E-state index in [1.807, 2.05) is 12.1 Å². The van der Waals surface area contributed by atoms with Crippen molar-refractivity contribution < 1.29 is 23.5 Å². The molecule has 0 spiro atoms. The Morgan fingerprint density at radius 1 is 1.13 bits per heavy atom. The van der Waals surface area contributed by atoms with E-state index in [9.17, 15) is 14.0 Å². The molecule has 156 valence electrons. The van der Waals surface area contributed by atoms with Gasteiger partial charge in [0, 0.05) is 29.3 Å². The average molecular weight is 410 g/mol. The minimum absolute atomic E-state index is 0.0305. The number of benzene rings is 2. The Labute approximate surface area is 174 Å². The number of nitrogens with one attached hydrogen (secondary N) is 1. The van der Waals surface area contributed by atoms with Crippen LogP contribution in [0.2, 0.25) is 0 Å². The summed E-state index contributed by atoms with van der Waals surface area (Å²) in [5.41, 5.74) is 2.24. The van der Waals surface area contributed by atoms with Gasteiger partial charge in [-0.25, -0.2) is 4.39 Å². The molecule has 2 aromatic carbocycles. The van der Waals surface area contributed by atoms with Crippen LogP contribution in [0.25, 0.3) is 0 Å². The van der Waals surface area contributed by atoms with Crippen LogP contribution in [0, 0.1) is 11.7 Å². The van der Waals surface area contributed by atoms with E-state index in [-0.39, 0.29) is 29.5 Å². The largest absolute Gasteiger partial charge is 0.486 e. The van der Waals surface area contributed by atoms with Gasteiger partial charge in [0.15, 0.2) is 17.3 Å². The molecule has 1 atom stereocenters. The number of anilines is 1. The van der Waals surface area contributed by atoms with Crippen LogP contribution in [0.3, 0.4) is 0 Å². The van der Waals surface area contributed by atoms with Crippen molar-refractivity contribution in [3.8, 4) is 11.5 Å². The number of ether oxygens (including phenoxy) is 2. The molecule has 0 aliphatic carbocycles. The first-order valence-electron chi connectivity index (χ1n) is 10.3. The molecule has 7 heteroatoms. The Kier molecular flexibility index (Phi) is 4.90. The van der Waals surface area contributed by atoms with Gasteiger partial charge in [-0.2, -0.15) is 0 Å². The molecule has 3 heterocycles. The van der Waals surface area contributed by atoms with Crippen molar-refractivity contribution in [2.45, 2.75) is 25.4 Å². The van der Waals surface area contributed by atoms with Gasteiger partial charge in [-0.05, 0) is 62.3 Å². The molecule has 0 saturated carbocycles. The van der Waals surface area contributed by atoms with E-state index in [1.165, 1.54) is 12.1 Å². The van der Waals surface area contributed by atoms with Crippen LogP contribution in [0.15, 0.2) is 36.4 Å². The van der Waals surface area contributed by atoms with Crippen LogP contribution >= 0.6 is 0 Å². The van der Waals surface area contributed by atoms with E-state index >= 15 is 0 Å². The molecule has 3 aliphatic rings. The maximum atomic E-state index is 13.1. The number of ketones is 1. The SMILES string of the molecule is O=C1Cc2c(ccc3c2OC(CN2CCC(C(=O)c4ccc(F)cc4)CC2)CO3)N1. The lowest BCUT2D eigenvalue weighted by Crippen LogP contribution is -2.45. The predicted octanol–water partition coefficient (Wildman–Crippen LogP) is 3.06. The van der Waals surface area contributed by atoms with Gasteiger partial charge in [0.25, 0.3) is 0 Å². The van der Waals surface area contributed by atoms with Crippen molar-refractivity contribution in [3.63, 3.8) is 0 Å². The average Bonchev–Trinajstić information content (AvgIpc) is 3.15. The maximum absolute atomic E-state index is 13.1. The fourth-order valence-corrected chi connectivity index (χ4v) is 4.49. The normalized spacial score (nSPS) is 21.2. The molecule has 1 amide bonds. The minimum atomic E-state index is -0.330. The second-order valence-electron chi connectivity index (χ2n) is 8.14. The standard InChI is InChI=1S/C23H23FN2O4/c24-16-3-1-14(2-4-16)22(28)15-7-9-26(10-8-15)12-17-13-29-20-6-5-19-18(23(20)30-17)11-21(27)25-19/h1-6,15,17H,7-13H2,(H,25,27). The number of Topliss-reactive ketones (excluding diaryl/α,β-unsaturated/α-hetero) is 1. The van der Waals surface area contributed by atoms with Crippen molar-refractivity contribution in [2.24, 2.45) is 5.92 Å². The fourth-order valence-electron chi connectivity index (χ4n) is 4.49. The van der Waals surface area contributed by atoms with Crippen molar-refractivity contribution in [1.29, 1.82) is 0 Å². The second-order valence-corrected chi connectivity index (χ2v) is 8.14. The van der Waals surface area contributed by atoms with Crippen LogP contribution in [-0.4, -0.2) is 48.9 Å². The summed E-state index contributed by atoms with van der Waals surface area (Å²) < 4.78 is 25.2. The number of carbonyl (C=O) groups excluding carboxylic acids is 2. The van der Waals surface area contributed by atoms with Gasteiger partial charge in [0.2, 0.25) is 5.91 Å². The molecule has 0 aromatic heterocycles. The van der Waals surface area contributed by atoms with Crippen molar-refractivity contribution in [3.05, 3.63) is 53.3 Å². The lowest BCUT2D eigenvalue weighted by atomic mass is 9.89. The smallest absolute Gasteiger partial charge is 0.229 e. The summed E-state index contributed by atoms with van der Waals surface area (Å²) in [7, 11) is 0. The molecule has 0 radical (unpaired) electrons. The summed E-state index contributed by atoms with van der Waals surface area (Å²) in [5.74, 6) is 1.05. The molecule has 3 aliphatic heterocycles.